The highest BCUT2D eigenvalue weighted by Crippen LogP contribution is 2.21. The quantitative estimate of drug-likeness (QED) is 0.711. The average Bonchev–Trinajstić information content (AvgIpc) is 2.54. The zero-order valence-corrected chi connectivity index (χ0v) is 16.4. The molecule has 0 aliphatic heterocycles. The molecule has 0 radical (unpaired) electrons. The van der Waals surface area contributed by atoms with Crippen molar-refractivity contribution in [2.45, 2.75) is 73.0 Å². The summed E-state index contributed by atoms with van der Waals surface area (Å²) >= 11 is 0. The lowest BCUT2D eigenvalue weighted by atomic mass is 9.91. The second-order valence-corrected chi connectivity index (χ2v) is 5.24. The fourth-order valence-corrected chi connectivity index (χ4v) is 2.09. The summed E-state index contributed by atoms with van der Waals surface area (Å²) < 4.78 is 5.33. The van der Waals surface area contributed by atoms with Gasteiger partial charge in [-0.05, 0) is 5.92 Å². The van der Waals surface area contributed by atoms with Crippen molar-refractivity contribution in [3.8, 4) is 0 Å². The maximum atomic E-state index is 11.7. The summed E-state index contributed by atoms with van der Waals surface area (Å²) in [5.41, 5.74) is 10.6. The fraction of sp³-hybridized carbons (Fsp3) is 0.882. The Morgan fingerprint density at radius 1 is 1.17 bits per heavy atom. The molecule has 4 N–H and O–H groups in total. The van der Waals surface area contributed by atoms with Gasteiger partial charge in [-0.3, -0.25) is 9.59 Å². The molecule has 0 aromatic carbocycles. The molecule has 0 aromatic heterocycles. The summed E-state index contributed by atoms with van der Waals surface area (Å²) in [4.78, 5) is 24.3. The van der Waals surface area contributed by atoms with Crippen molar-refractivity contribution >= 4 is 11.8 Å². The second kappa shape index (κ2) is 17.2. The van der Waals surface area contributed by atoms with Crippen LogP contribution in [0.1, 0.15) is 60.8 Å². The molecule has 0 saturated heterocycles. The molecule has 6 heteroatoms. The Morgan fingerprint density at radius 2 is 1.61 bits per heavy atom. The Labute approximate surface area is 142 Å². The molecule has 0 heterocycles. The zero-order valence-electron chi connectivity index (χ0n) is 16.4. The highest BCUT2D eigenvalue weighted by atomic mass is 16.5. The molecule has 23 heavy (non-hydrogen) atoms. The maximum Gasteiger partial charge on any atom is 0.236 e. The number of carbonyl (C=O) groups excluding carboxylic acids is 2. The number of hydrogen-bond donors (Lipinski definition) is 2. The third-order valence-electron chi connectivity index (χ3n) is 3.33. The van der Waals surface area contributed by atoms with E-state index in [0.717, 1.165) is 6.42 Å². The summed E-state index contributed by atoms with van der Waals surface area (Å²) in [5.74, 6) is -0.426. The van der Waals surface area contributed by atoms with Crippen LogP contribution in [-0.4, -0.2) is 49.6 Å². The fourth-order valence-electron chi connectivity index (χ4n) is 2.09. The van der Waals surface area contributed by atoms with Gasteiger partial charge in [0.25, 0.3) is 0 Å². The van der Waals surface area contributed by atoms with Gasteiger partial charge in [0.1, 0.15) is 0 Å². The number of likely N-dealkylation sites (N-methyl/N-ethyl adjacent to an activating group) is 1. The van der Waals surface area contributed by atoms with E-state index in [1.807, 2.05) is 27.7 Å². The molecule has 0 rings (SSSR count). The van der Waals surface area contributed by atoms with Crippen molar-refractivity contribution in [3.05, 3.63) is 0 Å². The lowest BCUT2D eigenvalue weighted by molar-refractivity contribution is -0.137. The van der Waals surface area contributed by atoms with Crippen LogP contribution in [0.4, 0.5) is 0 Å². The van der Waals surface area contributed by atoms with E-state index in [-0.39, 0.29) is 30.8 Å². The number of methoxy groups -OCH3 is 1. The number of primary amides is 1. The van der Waals surface area contributed by atoms with E-state index in [0.29, 0.717) is 0 Å². The minimum absolute atomic E-state index is 0.0591. The van der Waals surface area contributed by atoms with Crippen LogP contribution in [0.5, 0.6) is 0 Å². The van der Waals surface area contributed by atoms with Crippen LogP contribution in [-0.2, 0) is 14.3 Å². The van der Waals surface area contributed by atoms with E-state index < -0.39 is 12.0 Å². The lowest BCUT2D eigenvalue weighted by Gasteiger charge is -2.37. The van der Waals surface area contributed by atoms with Gasteiger partial charge in [0, 0.05) is 14.2 Å². The van der Waals surface area contributed by atoms with Gasteiger partial charge in [-0.1, -0.05) is 54.4 Å². The number of amides is 2. The second-order valence-electron chi connectivity index (χ2n) is 5.24. The Bertz CT molecular complexity index is 299. The van der Waals surface area contributed by atoms with Gasteiger partial charge in [-0.15, -0.1) is 0 Å². The molecule has 0 aliphatic rings. The van der Waals surface area contributed by atoms with Crippen LogP contribution in [0.3, 0.4) is 0 Å². The molecule has 140 valence electrons. The van der Waals surface area contributed by atoms with E-state index in [1.165, 1.54) is 13.5 Å². The van der Waals surface area contributed by atoms with Crippen LogP contribution < -0.4 is 11.5 Å². The minimum atomic E-state index is -0.441. The van der Waals surface area contributed by atoms with Crippen molar-refractivity contribution in [2.24, 2.45) is 17.4 Å². The molecular weight excluding hydrogens is 294 g/mol. The predicted molar refractivity (Wildman–Crippen MR) is 97.0 cm³/mol. The number of nitrogens with two attached hydrogens (primary N) is 2. The molecule has 0 bridgehead atoms. The van der Waals surface area contributed by atoms with Gasteiger partial charge >= 0.3 is 0 Å². The van der Waals surface area contributed by atoms with Gasteiger partial charge in [0.05, 0.1) is 25.1 Å². The molecule has 0 spiro atoms. The SMILES string of the molecule is CC.CCC.CCC(C)C(C(CC(N)=O)OC)N(C)C(=O)CN. The highest BCUT2D eigenvalue weighted by molar-refractivity contribution is 5.78. The molecule has 0 fully saturated rings. The number of nitrogens with zero attached hydrogens (tertiary/aromatic N) is 1. The predicted octanol–water partition coefficient (Wildman–Crippen LogP) is 2.15. The summed E-state index contributed by atoms with van der Waals surface area (Å²) in [6.45, 7) is 12.2. The molecular formula is C17H39N3O3. The van der Waals surface area contributed by atoms with Crippen LogP contribution in [0.15, 0.2) is 0 Å². The van der Waals surface area contributed by atoms with Gasteiger partial charge < -0.3 is 21.1 Å². The molecule has 2 amide bonds. The lowest BCUT2D eigenvalue weighted by Crippen LogP contribution is -2.51. The largest absolute Gasteiger partial charge is 0.379 e. The molecule has 6 nitrogen and oxygen atoms in total. The number of hydrogen-bond acceptors (Lipinski definition) is 4. The summed E-state index contributed by atoms with van der Waals surface area (Å²) in [5, 5.41) is 0. The van der Waals surface area contributed by atoms with Crippen LogP contribution >= 0.6 is 0 Å². The molecule has 0 saturated carbocycles. The summed E-state index contributed by atoms with van der Waals surface area (Å²) in [6.07, 6.45) is 1.80. The van der Waals surface area contributed by atoms with Crippen LogP contribution in [0.25, 0.3) is 0 Å². The first-order valence-corrected chi connectivity index (χ1v) is 8.57. The van der Waals surface area contributed by atoms with E-state index in [1.54, 1.807) is 11.9 Å². The first kappa shape index (κ1) is 26.7. The topological polar surface area (TPSA) is 98.7 Å². The van der Waals surface area contributed by atoms with Crippen LogP contribution in [0.2, 0.25) is 0 Å². The monoisotopic (exact) mass is 333 g/mol. The van der Waals surface area contributed by atoms with Crippen molar-refractivity contribution in [1.82, 2.24) is 4.90 Å². The van der Waals surface area contributed by atoms with E-state index in [4.69, 9.17) is 16.2 Å². The molecule has 0 aromatic rings. The normalized spacial score (nSPS) is 13.4. The minimum Gasteiger partial charge on any atom is -0.379 e. The summed E-state index contributed by atoms with van der Waals surface area (Å²) in [7, 11) is 3.20. The smallest absolute Gasteiger partial charge is 0.236 e. The van der Waals surface area contributed by atoms with Crippen molar-refractivity contribution < 1.29 is 14.3 Å². The van der Waals surface area contributed by atoms with Gasteiger partial charge in [0.15, 0.2) is 0 Å². The Balaban J connectivity index is -0.000000710. The first-order chi connectivity index (χ1) is 10.8. The standard InChI is InChI=1S/C12H25N3O3.C3H8.C2H6/c1-5-8(2)12(15(3)11(17)7-13)9(18-4)6-10(14)16;1-3-2;1-2/h8-9,12H,5-7,13H2,1-4H3,(H2,14,16);3H2,1-2H3;1-2H3. The Hall–Kier alpha value is -1.14. The van der Waals surface area contributed by atoms with Crippen molar-refractivity contribution in [3.63, 3.8) is 0 Å². The van der Waals surface area contributed by atoms with Gasteiger partial charge in [-0.2, -0.15) is 0 Å². The first-order valence-electron chi connectivity index (χ1n) is 8.57. The number of carbonyl (C=O) groups is 2. The van der Waals surface area contributed by atoms with E-state index in [2.05, 4.69) is 13.8 Å². The van der Waals surface area contributed by atoms with Crippen molar-refractivity contribution in [1.29, 1.82) is 0 Å². The average molecular weight is 334 g/mol. The molecule has 3 unspecified atom stereocenters. The Kier molecular flexibility index (Phi) is 20.0. The third-order valence-corrected chi connectivity index (χ3v) is 3.33. The molecule has 0 aliphatic carbocycles. The van der Waals surface area contributed by atoms with Gasteiger partial charge in [0.2, 0.25) is 11.8 Å². The highest BCUT2D eigenvalue weighted by Gasteiger charge is 2.32. The maximum absolute atomic E-state index is 11.7. The van der Waals surface area contributed by atoms with Crippen LogP contribution in [0, 0.1) is 5.92 Å². The zero-order chi connectivity index (χ0) is 19.0. The third kappa shape index (κ3) is 12.0. The number of ether oxygens (including phenoxy) is 1. The van der Waals surface area contributed by atoms with Gasteiger partial charge in [-0.25, -0.2) is 0 Å². The summed E-state index contributed by atoms with van der Waals surface area (Å²) in [6, 6.07) is -0.205. The molecule has 3 atom stereocenters. The van der Waals surface area contributed by atoms with Crippen molar-refractivity contribution in [2.75, 3.05) is 20.7 Å². The number of rotatable bonds is 8. The Morgan fingerprint density at radius 3 is 1.87 bits per heavy atom. The van der Waals surface area contributed by atoms with E-state index in [9.17, 15) is 9.59 Å². The van der Waals surface area contributed by atoms with E-state index >= 15 is 0 Å².